The van der Waals surface area contributed by atoms with Gasteiger partial charge in [-0.2, -0.15) is 4.98 Å². The van der Waals surface area contributed by atoms with Crippen LogP contribution in [0.5, 0.6) is 5.88 Å². The third-order valence-corrected chi connectivity index (χ3v) is 4.76. The molecule has 1 heterocycles. The Kier molecular flexibility index (Phi) is 5.81. The van der Waals surface area contributed by atoms with E-state index in [0.29, 0.717) is 17.3 Å². The molecule has 5 nitrogen and oxygen atoms in total. The van der Waals surface area contributed by atoms with E-state index in [2.05, 4.69) is 15.3 Å². The number of hydrogen-bond donors (Lipinski definition) is 1. The first-order valence-corrected chi connectivity index (χ1v) is 9.06. The molecule has 0 unspecified atom stereocenters. The van der Waals surface area contributed by atoms with Gasteiger partial charge in [-0.25, -0.2) is 9.37 Å². The molecule has 1 aromatic heterocycles. The number of hydrogen-bond acceptors (Lipinski definition) is 4. The molecule has 1 aromatic carbocycles. The molecular weight excluding hydrogens is 333 g/mol. The highest BCUT2D eigenvalue weighted by atomic mass is 19.1. The predicted octanol–water partition coefficient (Wildman–Crippen LogP) is 3.73. The number of nitrogens with zero attached hydrogens (tertiary/aromatic N) is 2. The van der Waals surface area contributed by atoms with Crippen molar-refractivity contribution < 1.29 is 13.9 Å². The molecule has 1 N–H and O–H groups in total. The van der Waals surface area contributed by atoms with Crippen LogP contribution in [-0.2, 0) is 4.79 Å². The lowest BCUT2D eigenvalue weighted by atomic mass is 9.95. The van der Waals surface area contributed by atoms with Crippen molar-refractivity contribution in [3.8, 4) is 17.3 Å². The fraction of sp³-hybridized carbons (Fsp3) is 0.450. The fourth-order valence-electron chi connectivity index (χ4n) is 3.12. The number of carbonyl (C=O) groups excluding carboxylic acids is 1. The summed E-state index contributed by atoms with van der Waals surface area (Å²) in [6.07, 6.45) is 5.64. The second kappa shape index (κ2) is 8.25. The standard InChI is InChI=1S/C20H24FN3O2/c1-13-14(2)22-19(15-8-10-16(21)11-9-15)24-20(13)26-12-18(25)23-17-6-4-3-5-7-17/h8-11,17H,3-7,12H2,1-2H3,(H,23,25). The molecule has 1 aliphatic rings. The molecule has 0 spiro atoms. The zero-order valence-electron chi connectivity index (χ0n) is 15.2. The largest absolute Gasteiger partial charge is 0.467 e. The van der Waals surface area contributed by atoms with Crippen LogP contribution in [0.25, 0.3) is 11.4 Å². The van der Waals surface area contributed by atoms with Gasteiger partial charge in [0.2, 0.25) is 5.88 Å². The molecule has 6 heteroatoms. The van der Waals surface area contributed by atoms with Crippen molar-refractivity contribution in [2.45, 2.75) is 52.0 Å². The van der Waals surface area contributed by atoms with E-state index in [9.17, 15) is 9.18 Å². The van der Waals surface area contributed by atoms with Gasteiger partial charge < -0.3 is 10.1 Å². The maximum Gasteiger partial charge on any atom is 0.258 e. The lowest BCUT2D eigenvalue weighted by Crippen LogP contribution is -2.39. The number of aryl methyl sites for hydroxylation is 1. The summed E-state index contributed by atoms with van der Waals surface area (Å²) in [6.45, 7) is 3.65. The number of benzene rings is 1. The van der Waals surface area contributed by atoms with E-state index in [0.717, 1.165) is 36.9 Å². The van der Waals surface area contributed by atoms with Crippen molar-refractivity contribution in [3.63, 3.8) is 0 Å². The Balaban J connectivity index is 1.68. The Bertz CT molecular complexity index is 771. The number of rotatable bonds is 5. The number of halogens is 1. The minimum absolute atomic E-state index is 0.0728. The number of aromatic nitrogens is 2. The second-order valence-corrected chi connectivity index (χ2v) is 6.76. The monoisotopic (exact) mass is 357 g/mol. The van der Waals surface area contributed by atoms with Gasteiger partial charge in [0.25, 0.3) is 5.91 Å². The van der Waals surface area contributed by atoms with Gasteiger partial charge in [0.05, 0.1) is 0 Å². The molecule has 0 aliphatic heterocycles. The highest BCUT2D eigenvalue weighted by Gasteiger charge is 2.17. The Morgan fingerprint density at radius 3 is 2.54 bits per heavy atom. The van der Waals surface area contributed by atoms with Crippen molar-refractivity contribution in [3.05, 3.63) is 41.3 Å². The first-order valence-electron chi connectivity index (χ1n) is 9.06. The summed E-state index contributed by atoms with van der Waals surface area (Å²) in [5.41, 5.74) is 2.26. The summed E-state index contributed by atoms with van der Waals surface area (Å²) in [5.74, 6) is 0.399. The molecule has 138 valence electrons. The van der Waals surface area contributed by atoms with E-state index < -0.39 is 0 Å². The van der Waals surface area contributed by atoms with E-state index in [1.165, 1.54) is 18.6 Å². The Hall–Kier alpha value is -2.50. The topological polar surface area (TPSA) is 64.1 Å². The van der Waals surface area contributed by atoms with Crippen LogP contribution in [0.3, 0.4) is 0 Å². The SMILES string of the molecule is Cc1nc(-c2ccc(F)cc2)nc(OCC(=O)NC2CCCCC2)c1C. The van der Waals surface area contributed by atoms with Gasteiger partial charge in [-0.3, -0.25) is 4.79 Å². The molecule has 1 fully saturated rings. The van der Waals surface area contributed by atoms with Crippen LogP contribution in [0, 0.1) is 19.7 Å². The van der Waals surface area contributed by atoms with Gasteiger partial charge in [-0.05, 0) is 51.0 Å². The van der Waals surface area contributed by atoms with Gasteiger partial charge in [-0.15, -0.1) is 0 Å². The van der Waals surface area contributed by atoms with Gasteiger partial charge in [-0.1, -0.05) is 19.3 Å². The number of amides is 1. The summed E-state index contributed by atoms with van der Waals surface area (Å²) < 4.78 is 18.8. The molecule has 1 amide bonds. The van der Waals surface area contributed by atoms with Crippen molar-refractivity contribution in [2.75, 3.05) is 6.61 Å². The quantitative estimate of drug-likeness (QED) is 0.886. The minimum Gasteiger partial charge on any atom is -0.467 e. The predicted molar refractivity (Wildman–Crippen MR) is 97.4 cm³/mol. The van der Waals surface area contributed by atoms with Gasteiger partial charge in [0, 0.05) is 22.9 Å². The summed E-state index contributed by atoms with van der Waals surface area (Å²) in [7, 11) is 0. The van der Waals surface area contributed by atoms with Crippen LogP contribution in [0.15, 0.2) is 24.3 Å². The van der Waals surface area contributed by atoms with E-state index >= 15 is 0 Å². The Morgan fingerprint density at radius 1 is 1.15 bits per heavy atom. The molecular formula is C20H24FN3O2. The van der Waals surface area contributed by atoms with Crippen molar-refractivity contribution in [1.29, 1.82) is 0 Å². The van der Waals surface area contributed by atoms with Crippen LogP contribution < -0.4 is 10.1 Å². The van der Waals surface area contributed by atoms with E-state index in [4.69, 9.17) is 4.74 Å². The molecule has 1 aliphatic carbocycles. The third kappa shape index (κ3) is 4.56. The smallest absolute Gasteiger partial charge is 0.258 e. The normalized spacial score (nSPS) is 14.9. The van der Waals surface area contributed by atoms with Gasteiger partial charge in [0.1, 0.15) is 5.82 Å². The summed E-state index contributed by atoms with van der Waals surface area (Å²) in [5, 5.41) is 3.03. The zero-order valence-corrected chi connectivity index (χ0v) is 15.2. The van der Waals surface area contributed by atoms with Crippen LogP contribution in [-0.4, -0.2) is 28.5 Å². The van der Waals surface area contributed by atoms with E-state index in [1.54, 1.807) is 12.1 Å². The lowest BCUT2D eigenvalue weighted by Gasteiger charge is -2.22. The van der Waals surface area contributed by atoms with Gasteiger partial charge in [0.15, 0.2) is 12.4 Å². The Morgan fingerprint density at radius 2 is 1.85 bits per heavy atom. The molecule has 0 bridgehead atoms. The molecule has 26 heavy (non-hydrogen) atoms. The summed E-state index contributed by atoms with van der Waals surface area (Å²) >= 11 is 0. The molecule has 0 atom stereocenters. The van der Waals surface area contributed by atoms with Gasteiger partial charge >= 0.3 is 0 Å². The highest BCUT2D eigenvalue weighted by Crippen LogP contribution is 2.23. The van der Waals surface area contributed by atoms with Crippen molar-refractivity contribution in [2.24, 2.45) is 0 Å². The number of nitrogens with one attached hydrogen (secondary N) is 1. The lowest BCUT2D eigenvalue weighted by molar-refractivity contribution is -0.124. The number of carbonyl (C=O) groups is 1. The summed E-state index contributed by atoms with van der Waals surface area (Å²) in [6, 6.07) is 6.23. The average molecular weight is 357 g/mol. The van der Waals surface area contributed by atoms with E-state index in [1.807, 2.05) is 13.8 Å². The molecule has 0 radical (unpaired) electrons. The maximum atomic E-state index is 13.1. The van der Waals surface area contributed by atoms with Crippen LogP contribution >= 0.6 is 0 Å². The molecule has 0 saturated heterocycles. The van der Waals surface area contributed by atoms with Crippen molar-refractivity contribution >= 4 is 5.91 Å². The van der Waals surface area contributed by atoms with Crippen LogP contribution in [0.1, 0.15) is 43.4 Å². The first-order chi connectivity index (χ1) is 12.5. The van der Waals surface area contributed by atoms with Crippen LogP contribution in [0.4, 0.5) is 4.39 Å². The molecule has 2 aromatic rings. The van der Waals surface area contributed by atoms with E-state index in [-0.39, 0.29) is 24.4 Å². The maximum absolute atomic E-state index is 13.1. The van der Waals surface area contributed by atoms with Crippen molar-refractivity contribution in [1.82, 2.24) is 15.3 Å². The van der Waals surface area contributed by atoms with Crippen LogP contribution in [0.2, 0.25) is 0 Å². The molecule has 3 rings (SSSR count). The fourth-order valence-corrected chi connectivity index (χ4v) is 3.12. The Labute approximate surface area is 153 Å². The number of ether oxygens (including phenoxy) is 1. The summed E-state index contributed by atoms with van der Waals surface area (Å²) in [4.78, 5) is 21.0. The molecule has 1 saturated carbocycles. The first kappa shape index (κ1) is 18.3. The average Bonchev–Trinajstić information content (AvgIpc) is 2.64. The second-order valence-electron chi connectivity index (χ2n) is 6.76. The third-order valence-electron chi connectivity index (χ3n) is 4.76. The highest BCUT2D eigenvalue weighted by molar-refractivity contribution is 5.77. The zero-order chi connectivity index (χ0) is 18.5. The minimum atomic E-state index is -0.312.